The third kappa shape index (κ3) is 1.90. The molecule has 5 saturated heterocycles. The van der Waals surface area contributed by atoms with Gasteiger partial charge in [-0.2, -0.15) is 0 Å². The summed E-state index contributed by atoms with van der Waals surface area (Å²) >= 11 is 0. The van der Waals surface area contributed by atoms with Crippen molar-refractivity contribution < 1.29 is 28.4 Å². The molecule has 25 heavy (non-hydrogen) atoms. The molecule has 2 spiro atoms. The van der Waals surface area contributed by atoms with Crippen molar-refractivity contribution in [2.24, 2.45) is 0 Å². The minimum absolute atomic E-state index is 0.129. The molecule has 0 N–H and O–H groups in total. The van der Waals surface area contributed by atoms with E-state index in [1.165, 1.54) is 0 Å². The van der Waals surface area contributed by atoms with Crippen molar-refractivity contribution in [1.82, 2.24) is 0 Å². The predicted molar refractivity (Wildman–Crippen MR) is 84.6 cm³/mol. The fourth-order valence-electron chi connectivity index (χ4n) is 5.31. The van der Waals surface area contributed by atoms with Gasteiger partial charge in [0.2, 0.25) is 0 Å². The van der Waals surface area contributed by atoms with Gasteiger partial charge >= 0.3 is 0 Å². The second-order valence-electron chi connectivity index (χ2n) is 7.64. The number of ether oxygens (including phenoxy) is 6. The lowest BCUT2D eigenvalue weighted by atomic mass is 9.62. The summed E-state index contributed by atoms with van der Waals surface area (Å²) < 4.78 is 36.9. The zero-order valence-electron chi connectivity index (χ0n) is 14.0. The monoisotopic (exact) mass is 346 g/mol. The molecule has 1 aromatic carbocycles. The molecule has 6 nitrogen and oxygen atoms in total. The van der Waals surface area contributed by atoms with E-state index in [2.05, 4.69) is 12.1 Å². The van der Waals surface area contributed by atoms with Gasteiger partial charge in [0.1, 0.15) is 35.6 Å². The quantitative estimate of drug-likeness (QED) is 0.831. The SMILES string of the molecule is c1ccc(COC2C3OC4OC2C2(CCO2)C(O4)C32CCCO2)cc1. The van der Waals surface area contributed by atoms with E-state index in [-0.39, 0.29) is 24.4 Å². The lowest BCUT2D eigenvalue weighted by molar-refractivity contribution is -0.535. The molecular weight excluding hydrogens is 324 g/mol. The maximum absolute atomic E-state index is 6.36. The predicted octanol–water partition coefficient (Wildman–Crippen LogP) is 1.76. The Bertz CT molecular complexity index is 653. The van der Waals surface area contributed by atoms with Gasteiger partial charge in [-0.25, -0.2) is 0 Å². The average Bonchev–Trinajstić information content (AvgIpc) is 3.09. The van der Waals surface area contributed by atoms with Gasteiger partial charge in [0.25, 0.3) is 6.48 Å². The highest BCUT2D eigenvalue weighted by Crippen LogP contribution is 2.59. The Balaban J connectivity index is 1.35. The zero-order valence-corrected chi connectivity index (χ0v) is 14.0. The smallest absolute Gasteiger partial charge is 0.273 e. The molecule has 5 heterocycles. The molecule has 134 valence electrons. The van der Waals surface area contributed by atoms with Crippen molar-refractivity contribution in [2.45, 2.75) is 68.0 Å². The number of hydrogen-bond donors (Lipinski definition) is 0. The molecule has 4 bridgehead atoms. The molecular formula is C19H22O6. The molecule has 7 unspecified atom stereocenters. The highest BCUT2D eigenvalue weighted by molar-refractivity contribution is 5.24. The number of benzene rings is 1. The first-order valence-electron chi connectivity index (χ1n) is 9.22. The lowest BCUT2D eigenvalue weighted by Crippen LogP contribution is -2.87. The second-order valence-corrected chi connectivity index (χ2v) is 7.64. The molecule has 6 fully saturated rings. The highest BCUT2D eigenvalue weighted by Gasteiger charge is 2.78. The summed E-state index contributed by atoms with van der Waals surface area (Å²) in [7, 11) is 0. The van der Waals surface area contributed by atoms with Crippen LogP contribution in [-0.2, 0) is 35.0 Å². The van der Waals surface area contributed by atoms with Crippen LogP contribution in [0.25, 0.3) is 0 Å². The van der Waals surface area contributed by atoms with Crippen LogP contribution < -0.4 is 0 Å². The molecule has 0 amide bonds. The van der Waals surface area contributed by atoms with Crippen molar-refractivity contribution in [3.05, 3.63) is 35.9 Å². The van der Waals surface area contributed by atoms with Crippen molar-refractivity contribution in [2.75, 3.05) is 13.2 Å². The Morgan fingerprint density at radius 3 is 2.28 bits per heavy atom. The van der Waals surface area contributed by atoms with Crippen molar-refractivity contribution in [3.63, 3.8) is 0 Å². The Morgan fingerprint density at radius 1 is 0.920 bits per heavy atom. The maximum Gasteiger partial charge on any atom is 0.273 e. The van der Waals surface area contributed by atoms with Gasteiger partial charge in [-0.1, -0.05) is 30.3 Å². The number of rotatable bonds is 3. The Hall–Kier alpha value is -1.02. The topological polar surface area (TPSA) is 55.4 Å². The normalized spacial score (nSPS) is 49.8. The van der Waals surface area contributed by atoms with Gasteiger partial charge in [0.05, 0.1) is 13.2 Å². The molecule has 1 aromatic rings. The van der Waals surface area contributed by atoms with E-state index < -0.39 is 17.7 Å². The van der Waals surface area contributed by atoms with Crippen molar-refractivity contribution in [1.29, 1.82) is 0 Å². The van der Waals surface area contributed by atoms with E-state index in [4.69, 9.17) is 28.4 Å². The van der Waals surface area contributed by atoms with Gasteiger partial charge in [-0.3, -0.25) is 0 Å². The molecule has 5 aliphatic heterocycles. The molecule has 7 rings (SSSR count). The minimum atomic E-state index is -0.624. The molecule has 0 radical (unpaired) electrons. The third-order valence-corrected chi connectivity index (χ3v) is 6.44. The van der Waals surface area contributed by atoms with Crippen LogP contribution in [0.15, 0.2) is 30.3 Å². The Kier molecular flexibility index (Phi) is 3.17. The van der Waals surface area contributed by atoms with Crippen LogP contribution in [0, 0.1) is 0 Å². The Morgan fingerprint density at radius 2 is 1.64 bits per heavy atom. The zero-order chi connectivity index (χ0) is 16.5. The maximum atomic E-state index is 6.36. The van der Waals surface area contributed by atoms with Crippen LogP contribution >= 0.6 is 0 Å². The number of hydrogen-bond acceptors (Lipinski definition) is 6. The molecule has 0 aromatic heterocycles. The largest absolute Gasteiger partial charge is 0.369 e. The van der Waals surface area contributed by atoms with Gasteiger partial charge in [-0.15, -0.1) is 0 Å². The summed E-state index contributed by atoms with van der Waals surface area (Å²) in [5, 5.41) is 0. The summed E-state index contributed by atoms with van der Waals surface area (Å²) in [6.07, 6.45) is 2.16. The average molecular weight is 346 g/mol. The third-order valence-electron chi connectivity index (χ3n) is 6.44. The fraction of sp³-hybridized carbons (Fsp3) is 0.684. The van der Waals surface area contributed by atoms with Crippen LogP contribution in [0.1, 0.15) is 24.8 Å². The first-order chi connectivity index (χ1) is 12.3. The summed E-state index contributed by atoms with van der Waals surface area (Å²) in [6.45, 7) is 1.36. The van der Waals surface area contributed by atoms with Crippen molar-refractivity contribution in [3.8, 4) is 0 Å². The first kappa shape index (κ1) is 15.1. The highest BCUT2D eigenvalue weighted by atomic mass is 16.9. The summed E-state index contributed by atoms with van der Waals surface area (Å²) in [4.78, 5) is 0. The van der Waals surface area contributed by atoms with E-state index >= 15 is 0 Å². The lowest BCUT2D eigenvalue weighted by Gasteiger charge is -2.69. The van der Waals surface area contributed by atoms with E-state index in [1.54, 1.807) is 0 Å². The summed E-state index contributed by atoms with van der Waals surface area (Å²) in [5.41, 5.74) is 0.207. The molecule has 6 heteroatoms. The van der Waals surface area contributed by atoms with Crippen LogP contribution in [0.5, 0.6) is 0 Å². The molecule has 1 saturated carbocycles. The Labute approximate surface area is 146 Å². The summed E-state index contributed by atoms with van der Waals surface area (Å²) in [5.74, 6) is 0. The molecule has 6 aliphatic rings. The van der Waals surface area contributed by atoms with Crippen molar-refractivity contribution >= 4 is 0 Å². The standard InChI is InChI=1S/C19H22O6/c1-2-5-12(6-3-1)11-20-13-14-18(7-4-9-21-18)16-19(8-10-22-19)15(13)24-17(23-14)25-16/h1-3,5-6,13-17H,4,7-11H2. The van der Waals surface area contributed by atoms with Crippen LogP contribution in [0.2, 0.25) is 0 Å². The van der Waals surface area contributed by atoms with Crippen LogP contribution in [0.4, 0.5) is 0 Å². The van der Waals surface area contributed by atoms with Gasteiger partial charge in [0, 0.05) is 13.0 Å². The first-order valence-corrected chi connectivity index (χ1v) is 9.22. The van der Waals surface area contributed by atoms with Crippen LogP contribution in [0.3, 0.4) is 0 Å². The minimum Gasteiger partial charge on any atom is -0.369 e. The van der Waals surface area contributed by atoms with E-state index in [9.17, 15) is 0 Å². The van der Waals surface area contributed by atoms with Gasteiger partial charge < -0.3 is 28.4 Å². The second kappa shape index (κ2) is 5.25. The van der Waals surface area contributed by atoms with E-state index in [1.807, 2.05) is 18.2 Å². The fourth-order valence-corrected chi connectivity index (χ4v) is 5.31. The molecule has 1 aliphatic carbocycles. The van der Waals surface area contributed by atoms with Gasteiger partial charge in [-0.05, 0) is 18.4 Å². The summed E-state index contributed by atoms with van der Waals surface area (Å²) in [6, 6.07) is 10.2. The van der Waals surface area contributed by atoms with E-state index in [0.717, 1.165) is 38.0 Å². The van der Waals surface area contributed by atoms with Gasteiger partial charge in [0.15, 0.2) is 0 Å². The molecule has 7 atom stereocenters. The van der Waals surface area contributed by atoms with E-state index in [0.29, 0.717) is 6.61 Å². The van der Waals surface area contributed by atoms with Crippen LogP contribution in [-0.4, -0.2) is 55.3 Å².